The molecule has 0 heterocycles. The molecule has 0 bridgehead atoms. The van der Waals surface area contributed by atoms with E-state index in [2.05, 4.69) is 32.9 Å². The number of aliphatic carboxylic acids is 1. The Kier molecular flexibility index (Phi) is 11.9. The highest BCUT2D eigenvalue weighted by Gasteiger charge is 2.35. The lowest BCUT2D eigenvalue weighted by atomic mass is 9.65. The van der Waals surface area contributed by atoms with Crippen LogP contribution in [0, 0.1) is 23.7 Å². The van der Waals surface area contributed by atoms with Crippen LogP contribution in [0.25, 0.3) is 0 Å². The molecular formula is C23H42O2. The first-order valence-electron chi connectivity index (χ1n) is 11.0. The zero-order valence-corrected chi connectivity index (χ0v) is 17.0. The van der Waals surface area contributed by atoms with E-state index in [1.165, 1.54) is 70.6 Å². The van der Waals surface area contributed by atoms with Crippen molar-refractivity contribution in [2.45, 2.75) is 104 Å². The third kappa shape index (κ3) is 8.42. The van der Waals surface area contributed by atoms with Crippen molar-refractivity contribution in [3.63, 3.8) is 0 Å². The summed E-state index contributed by atoms with van der Waals surface area (Å²) in [6, 6.07) is 0. The van der Waals surface area contributed by atoms with E-state index in [0.717, 1.165) is 6.42 Å². The number of hydrogen-bond acceptors (Lipinski definition) is 1. The Balaban J connectivity index is 2.70. The van der Waals surface area contributed by atoms with Crippen molar-refractivity contribution in [2.24, 2.45) is 23.7 Å². The van der Waals surface area contributed by atoms with Crippen molar-refractivity contribution in [3.8, 4) is 0 Å². The highest BCUT2D eigenvalue weighted by Crippen LogP contribution is 2.42. The van der Waals surface area contributed by atoms with E-state index in [0.29, 0.717) is 30.1 Å². The molecule has 25 heavy (non-hydrogen) atoms. The topological polar surface area (TPSA) is 37.3 Å². The van der Waals surface area contributed by atoms with Crippen molar-refractivity contribution < 1.29 is 9.90 Å². The molecule has 0 radical (unpaired) electrons. The first-order valence-corrected chi connectivity index (χ1v) is 11.0. The number of unbranched alkanes of at least 4 members (excludes halogenated alkanes) is 7. The first kappa shape index (κ1) is 22.3. The van der Waals surface area contributed by atoms with Gasteiger partial charge in [0.15, 0.2) is 0 Å². The largest absolute Gasteiger partial charge is 0.481 e. The van der Waals surface area contributed by atoms with Crippen LogP contribution in [0.15, 0.2) is 12.2 Å². The molecule has 0 aromatic heterocycles. The van der Waals surface area contributed by atoms with Crippen LogP contribution in [0.2, 0.25) is 0 Å². The third-order valence-electron chi connectivity index (χ3n) is 6.17. The molecule has 1 rings (SSSR count). The van der Waals surface area contributed by atoms with Gasteiger partial charge in [0.1, 0.15) is 0 Å². The minimum Gasteiger partial charge on any atom is -0.481 e. The summed E-state index contributed by atoms with van der Waals surface area (Å²) in [7, 11) is 0. The van der Waals surface area contributed by atoms with E-state index in [-0.39, 0.29) is 0 Å². The second kappa shape index (κ2) is 13.4. The van der Waals surface area contributed by atoms with E-state index < -0.39 is 5.97 Å². The van der Waals surface area contributed by atoms with Crippen LogP contribution in [0.3, 0.4) is 0 Å². The van der Waals surface area contributed by atoms with Crippen molar-refractivity contribution in [1.82, 2.24) is 0 Å². The summed E-state index contributed by atoms with van der Waals surface area (Å²) < 4.78 is 0. The molecule has 0 saturated heterocycles. The summed E-state index contributed by atoms with van der Waals surface area (Å²) in [6.45, 7) is 6.73. The predicted octanol–water partition coefficient (Wildman–Crippen LogP) is 7.24. The van der Waals surface area contributed by atoms with E-state index in [9.17, 15) is 9.90 Å². The zero-order chi connectivity index (χ0) is 18.5. The van der Waals surface area contributed by atoms with E-state index >= 15 is 0 Å². The monoisotopic (exact) mass is 350 g/mol. The van der Waals surface area contributed by atoms with Crippen LogP contribution in [0.5, 0.6) is 0 Å². The molecule has 1 aliphatic carbocycles. The van der Waals surface area contributed by atoms with Gasteiger partial charge in [0, 0.05) is 6.42 Å². The lowest BCUT2D eigenvalue weighted by Crippen LogP contribution is -2.33. The average molecular weight is 351 g/mol. The van der Waals surface area contributed by atoms with Crippen LogP contribution in [-0.4, -0.2) is 11.1 Å². The Morgan fingerprint density at radius 2 is 1.32 bits per heavy atom. The fourth-order valence-electron chi connectivity index (χ4n) is 4.68. The molecule has 0 spiro atoms. The molecule has 2 heteroatoms. The standard InChI is InChI=1S/C23H42O2/c1-4-7-9-11-13-15-21-20(14-12-10-8-5-2)17-16-19(6-3)22(21)18-23(24)25/h16-17,19-22H,4-15,18H2,1-3H3,(H,24,25). The number of carbonyl (C=O) groups is 1. The average Bonchev–Trinajstić information content (AvgIpc) is 2.59. The third-order valence-corrected chi connectivity index (χ3v) is 6.17. The van der Waals surface area contributed by atoms with Gasteiger partial charge in [0.2, 0.25) is 0 Å². The maximum absolute atomic E-state index is 11.5. The predicted molar refractivity (Wildman–Crippen MR) is 108 cm³/mol. The lowest BCUT2D eigenvalue weighted by Gasteiger charge is -2.39. The molecule has 0 aliphatic heterocycles. The van der Waals surface area contributed by atoms with E-state index in [1.54, 1.807) is 0 Å². The quantitative estimate of drug-likeness (QED) is 0.265. The molecule has 146 valence electrons. The Hall–Kier alpha value is -0.790. The van der Waals surface area contributed by atoms with Gasteiger partial charge < -0.3 is 5.11 Å². The number of hydrogen-bond donors (Lipinski definition) is 1. The number of rotatable bonds is 14. The second-order valence-electron chi connectivity index (χ2n) is 8.10. The van der Waals surface area contributed by atoms with Crippen molar-refractivity contribution in [3.05, 3.63) is 12.2 Å². The van der Waals surface area contributed by atoms with Gasteiger partial charge in [-0.2, -0.15) is 0 Å². The summed E-state index contributed by atoms with van der Waals surface area (Å²) in [5.41, 5.74) is 0. The number of allylic oxidation sites excluding steroid dienone is 2. The Morgan fingerprint density at radius 1 is 0.760 bits per heavy atom. The molecular weight excluding hydrogens is 308 g/mol. The molecule has 0 fully saturated rings. The van der Waals surface area contributed by atoms with Gasteiger partial charge in [-0.15, -0.1) is 0 Å². The van der Waals surface area contributed by atoms with Crippen molar-refractivity contribution in [2.75, 3.05) is 0 Å². The zero-order valence-electron chi connectivity index (χ0n) is 17.0. The summed E-state index contributed by atoms with van der Waals surface area (Å²) in [6.07, 6.45) is 20.5. The normalized spacial score (nSPS) is 26.0. The second-order valence-corrected chi connectivity index (χ2v) is 8.10. The maximum atomic E-state index is 11.5. The van der Waals surface area contributed by atoms with Crippen LogP contribution in [0.1, 0.15) is 104 Å². The van der Waals surface area contributed by atoms with Gasteiger partial charge >= 0.3 is 5.97 Å². The molecule has 0 amide bonds. The minimum atomic E-state index is -0.612. The van der Waals surface area contributed by atoms with Gasteiger partial charge in [-0.05, 0) is 42.9 Å². The van der Waals surface area contributed by atoms with Gasteiger partial charge in [0.05, 0.1) is 0 Å². The van der Waals surface area contributed by atoms with Gasteiger partial charge in [0.25, 0.3) is 0 Å². The summed E-state index contributed by atoms with van der Waals surface area (Å²) >= 11 is 0. The Labute approximate surface area is 156 Å². The van der Waals surface area contributed by atoms with Gasteiger partial charge in [-0.25, -0.2) is 0 Å². The Bertz CT molecular complexity index is 374. The molecule has 1 N–H and O–H groups in total. The van der Waals surface area contributed by atoms with Crippen LogP contribution < -0.4 is 0 Å². The van der Waals surface area contributed by atoms with E-state index in [4.69, 9.17) is 0 Å². The lowest BCUT2D eigenvalue weighted by molar-refractivity contribution is -0.139. The van der Waals surface area contributed by atoms with Crippen molar-refractivity contribution in [1.29, 1.82) is 0 Å². The van der Waals surface area contributed by atoms with E-state index in [1.807, 2.05) is 0 Å². The first-order chi connectivity index (χ1) is 12.1. The minimum absolute atomic E-state index is 0.342. The molecule has 0 saturated carbocycles. The Morgan fingerprint density at radius 3 is 1.92 bits per heavy atom. The molecule has 1 aliphatic rings. The molecule has 4 atom stereocenters. The summed E-state index contributed by atoms with van der Waals surface area (Å²) in [5.74, 6) is 1.38. The van der Waals surface area contributed by atoms with Crippen molar-refractivity contribution >= 4 is 5.97 Å². The number of carboxylic acid groups (broad SMARTS) is 1. The van der Waals surface area contributed by atoms with Crippen LogP contribution >= 0.6 is 0 Å². The van der Waals surface area contributed by atoms with Gasteiger partial charge in [-0.1, -0.05) is 90.7 Å². The molecule has 0 aromatic carbocycles. The number of carboxylic acids is 1. The fourth-order valence-corrected chi connectivity index (χ4v) is 4.68. The van der Waals surface area contributed by atoms with Crippen LogP contribution in [0.4, 0.5) is 0 Å². The maximum Gasteiger partial charge on any atom is 0.303 e. The highest BCUT2D eigenvalue weighted by molar-refractivity contribution is 5.67. The fraction of sp³-hybridized carbons (Fsp3) is 0.870. The summed E-state index contributed by atoms with van der Waals surface area (Å²) in [5, 5.41) is 9.45. The van der Waals surface area contributed by atoms with Gasteiger partial charge in [-0.3, -0.25) is 4.79 Å². The summed E-state index contributed by atoms with van der Waals surface area (Å²) in [4.78, 5) is 11.5. The molecule has 2 nitrogen and oxygen atoms in total. The molecule has 4 unspecified atom stereocenters. The molecule has 0 aromatic rings. The van der Waals surface area contributed by atoms with Crippen LogP contribution in [-0.2, 0) is 4.79 Å². The SMILES string of the molecule is CCCCCCCC1C(CCCCCC)C=CC(CC)C1CC(=O)O. The highest BCUT2D eigenvalue weighted by atomic mass is 16.4. The smallest absolute Gasteiger partial charge is 0.303 e.